The quantitative estimate of drug-likeness (QED) is 0.0482. The number of para-hydroxylation sites is 3. The average Bonchev–Trinajstić information content (AvgIpc) is 4.34. The van der Waals surface area contributed by atoms with Crippen LogP contribution in [0.25, 0.3) is 98.8 Å². The number of hydrogen-bond donors (Lipinski definition) is 8. The number of hydrogen-bond acceptors (Lipinski definition) is 5. The molecule has 0 aliphatic rings. The molecule has 0 unspecified atom stereocenters. The van der Waals surface area contributed by atoms with Crippen LogP contribution in [0.2, 0.25) is 0 Å². The average molecular weight is 1530 g/mol. The SMILES string of the molecule is Brc1cccc(-c2ccccc2)c1-c1ccc2[nH]c3ccccc3c2c1.Brc1cccc(Br)c1-c1ccc2[nH]c3ccccc3c2c1.Brc1cccc(Br)c1I.N.O.OB(O)c1ccc2[nH]c3ccccc3c2c1.OB(O)c1ccccc1. The van der Waals surface area contributed by atoms with Gasteiger partial charge in [-0.15, -0.1) is 0 Å². The Labute approximate surface area is 536 Å². The van der Waals surface area contributed by atoms with Crippen molar-refractivity contribution in [1.82, 2.24) is 21.1 Å². The summed E-state index contributed by atoms with van der Waals surface area (Å²) in [5.74, 6) is 0. The predicted octanol–water partition coefficient (Wildman–Crippen LogP) is 17.5. The Kier molecular flexibility index (Phi) is 22.0. The van der Waals surface area contributed by atoms with Gasteiger partial charge in [-0.25, -0.2) is 0 Å². The highest BCUT2D eigenvalue weighted by Crippen LogP contribution is 2.41. The van der Waals surface area contributed by atoms with Crippen molar-refractivity contribution in [2.75, 3.05) is 0 Å². The van der Waals surface area contributed by atoms with Gasteiger partial charge < -0.3 is 46.7 Å². The zero-order chi connectivity index (χ0) is 56.6. The first-order valence-corrected chi connectivity index (χ1v) is 30.5. The first kappa shape index (κ1) is 62.9. The van der Waals surface area contributed by atoms with Gasteiger partial charge in [0.15, 0.2) is 0 Å². The molecular formula is C66H52B2Br5IN4O5. The Bertz CT molecular complexity index is 4450. The van der Waals surface area contributed by atoms with Crippen LogP contribution < -0.4 is 17.1 Å². The Hall–Kier alpha value is -6.16. The molecule has 0 saturated carbocycles. The van der Waals surface area contributed by atoms with Crippen LogP contribution in [0.5, 0.6) is 0 Å². The first-order chi connectivity index (χ1) is 39.3. The van der Waals surface area contributed by atoms with Gasteiger partial charge in [0.25, 0.3) is 0 Å². The van der Waals surface area contributed by atoms with E-state index in [4.69, 9.17) is 20.1 Å². The van der Waals surface area contributed by atoms with Gasteiger partial charge in [-0.3, -0.25) is 0 Å². The molecular weight excluding hydrogens is 1480 g/mol. The Balaban J connectivity index is 0.000000143. The van der Waals surface area contributed by atoms with Crippen molar-refractivity contribution in [3.8, 4) is 33.4 Å². The van der Waals surface area contributed by atoms with Crippen molar-refractivity contribution in [1.29, 1.82) is 0 Å². The number of H-pyrrole nitrogens is 3. The molecule has 17 heteroatoms. The van der Waals surface area contributed by atoms with Crippen molar-refractivity contribution < 1.29 is 25.6 Å². The molecule has 14 rings (SSSR count). The summed E-state index contributed by atoms with van der Waals surface area (Å²) in [6.45, 7) is 0. The van der Waals surface area contributed by atoms with Crippen LogP contribution in [0.1, 0.15) is 0 Å². The predicted molar refractivity (Wildman–Crippen MR) is 376 cm³/mol. The lowest BCUT2D eigenvalue weighted by Crippen LogP contribution is -2.29. The number of benzene rings is 11. The monoisotopic (exact) mass is 1520 g/mol. The Morgan fingerprint density at radius 3 is 1.08 bits per heavy atom. The van der Waals surface area contributed by atoms with Crippen molar-refractivity contribution in [2.24, 2.45) is 0 Å². The summed E-state index contributed by atoms with van der Waals surface area (Å²) in [6, 6.07) is 81.3. The number of aromatic nitrogens is 3. The van der Waals surface area contributed by atoms with Crippen LogP contribution in [-0.2, 0) is 0 Å². The van der Waals surface area contributed by atoms with Crippen LogP contribution >= 0.6 is 102 Å². The van der Waals surface area contributed by atoms with Crippen LogP contribution in [0, 0.1) is 3.57 Å². The summed E-state index contributed by atoms with van der Waals surface area (Å²) in [6.07, 6.45) is 0. The van der Waals surface area contributed by atoms with E-state index in [0.717, 1.165) is 44.2 Å². The fraction of sp³-hybridized carbons (Fsp3) is 0. The molecule has 0 spiro atoms. The molecule has 11 aromatic carbocycles. The van der Waals surface area contributed by atoms with E-state index in [-0.39, 0.29) is 11.6 Å². The lowest BCUT2D eigenvalue weighted by molar-refractivity contribution is 0.424. The summed E-state index contributed by atoms with van der Waals surface area (Å²) < 4.78 is 6.79. The van der Waals surface area contributed by atoms with Crippen LogP contribution in [0.15, 0.2) is 265 Å². The fourth-order valence-corrected chi connectivity index (χ4v) is 13.0. The molecule has 3 aromatic heterocycles. The van der Waals surface area contributed by atoms with Gasteiger partial charge in [0.05, 0.1) is 0 Å². The highest BCUT2D eigenvalue weighted by atomic mass is 127. The van der Waals surface area contributed by atoms with Crippen molar-refractivity contribution in [3.05, 3.63) is 269 Å². The third kappa shape index (κ3) is 14.7. The van der Waals surface area contributed by atoms with Crippen LogP contribution in [0.4, 0.5) is 0 Å². The smallest absolute Gasteiger partial charge is 0.423 e. The lowest BCUT2D eigenvalue weighted by atomic mass is 9.80. The molecule has 0 amide bonds. The third-order valence-electron chi connectivity index (χ3n) is 13.5. The van der Waals surface area contributed by atoms with Gasteiger partial charge in [0.2, 0.25) is 0 Å². The molecule has 414 valence electrons. The lowest BCUT2D eigenvalue weighted by Gasteiger charge is -2.13. The van der Waals surface area contributed by atoms with E-state index in [1.165, 1.54) is 80.6 Å². The highest BCUT2D eigenvalue weighted by molar-refractivity contribution is 14.1. The van der Waals surface area contributed by atoms with E-state index < -0.39 is 14.2 Å². The molecule has 14 aromatic rings. The van der Waals surface area contributed by atoms with Crippen molar-refractivity contribution >= 4 is 193 Å². The second-order valence-electron chi connectivity index (χ2n) is 18.7. The minimum Gasteiger partial charge on any atom is -0.423 e. The molecule has 83 heavy (non-hydrogen) atoms. The third-order valence-corrected chi connectivity index (χ3v) is 19.4. The van der Waals surface area contributed by atoms with Gasteiger partial charge in [-0.05, 0) is 166 Å². The van der Waals surface area contributed by atoms with Gasteiger partial charge in [0, 0.05) is 102 Å². The van der Waals surface area contributed by atoms with Gasteiger partial charge in [-0.2, -0.15) is 0 Å². The molecule has 0 aliphatic heterocycles. The van der Waals surface area contributed by atoms with Gasteiger partial charge in [0.1, 0.15) is 0 Å². The number of aromatic amines is 3. The molecule has 0 radical (unpaired) electrons. The van der Waals surface area contributed by atoms with E-state index >= 15 is 0 Å². The minimum atomic E-state index is -1.42. The molecule has 0 fully saturated rings. The maximum Gasteiger partial charge on any atom is 0.488 e. The molecule has 0 atom stereocenters. The zero-order valence-electron chi connectivity index (χ0n) is 44.0. The minimum absolute atomic E-state index is 0. The van der Waals surface area contributed by atoms with Crippen molar-refractivity contribution in [2.45, 2.75) is 0 Å². The molecule has 0 saturated heterocycles. The second kappa shape index (κ2) is 29.1. The second-order valence-corrected chi connectivity index (χ2v) is 24.0. The number of rotatable bonds is 5. The van der Waals surface area contributed by atoms with Crippen LogP contribution in [0.3, 0.4) is 0 Å². The van der Waals surface area contributed by atoms with E-state index in [0.29, 0.717) is 10.9 Å². The first-order valence-electron chi connectivity index (χ1n) is 25.5. The summed E-state index contributed by atoms with van der Waals surface area (Å²) in [5.41, 5.74) is 15.1. The normalized spacial score (nSPS) is 10.6. The fourth-order valence-electron chi connectivity index (χ4n) is 9.59. The van der Waals surface area contributed by atoms with E-state index in [1.54, 1.807) is 36.4 Å². The van der Waals surface area contributed by atoms with Crippen LogP contribution in [-0.4, -0.2) is 54.8 Å². The molecule has 12 N–H and O–H groups in total. The summed E-state index contributed by atoms with van der Waals surface area (Å²) in [4.78, 5) is 10.2. The number of halogens is 6. The standard InChI is InChI=1S/C24H16BrN.C18H11Br2N.C12H10BNO2.C6H7BO2.C6H3Br2I.H3N.H2O/c25-21-11-6-10-18(16-7-2-1-3-8-16)24(21)17-13-14-23-20(15-17)19-9-4-5-12-22(19)26-23;19-14-5-3-6-15(20)18(14)11-8-9-17-13(10-11)12-4-1-2-7-16(12)21-17;15-13(16)8-5-6-12-10(7-8)9-3-1-2-4-11(9)14-12;8-7(9)6-4-2-1-3-5-6;7-4-2-1-3-5(8)6(4)9;;/h1-15,26H;1-10,21H;1-7,14-16H;1-5,8-9H;1-3H;1H3;1H2. The summed E-state index contributed by atoms with van der Waals surface area (Å²) >= 11 is 20.2. The topological polar surface area (TPSA) is 195 Å². The van der Waals surface area contributed by atoms with Gasteiger partial charge >= 0.3 is 14.2 Å². The largest absolute Gasteiger partial charge is 0.488 e. The van der Waals surface area contributed by atoms with E-state index in [2.05, 4.69) is 263 Å². The molecule has 0 bridgehead atoms. The summed E-state index contributed by atoms with van der Waals surface area (Å²) in [5, 5.41) is 42.6. The molecule has 9 nitrogen and oxygen atoms in total. The number of fused-ring (bicyclic) bond motifs is 9. The van der Waals surface area contributed by atoms with E-state index in [1.807, 2.05) is 60.7 Å². The molecule has 3 heterocycles. The highest BCUT2D eigenvalue weighted by Gasteiger charge is 2.16. The number of nitrogens with one attached hydrogen (secondary N) is 3. The van der Waals surface area contributed by atoms with E-state index in [9.17, 15) is 0 Å². The maximum absolute atomic E-state index is 9.14. The van der Waals surface area contributed by atoms with Crippen molar-refractivity contribution in [3.63, 3.8) is 0 Å². The van der Waals surface area contributed by atoms with Gasteiger partial charge in [-0.1, -0.05) is 212 Å². The Morgan fingerprint density at radius 2 is 0.651 bits per heavy atom. The molecule has 0 aliphatic carbocycles. The zero-order valence-corrected chi connectivity index (χ0v) is 54.1. The Morgan fingerprint density at radius 1 is 0.301 bits per heavy atom. The maximum atomic E-state index is 9.14. The summed E-state index contributed by atoms with van der Waals surface area (Å²) in [7, 11) is -2.76.